The van der Waals surface area contributed by atoms with Gasteiger partial charge in [0.1, 0.15) is 5.41 Å². The van der Waals surface area contributed by atoms with Crippen molar-refractivity contribution in [2.75, 3.05) is 27.3 Å². The van der Waals surface area contributed by atoms with Crippen LogP contribution in [-0.2, 0) is 14.3 Å². The SMILES string of the molecule is COC(=O)C1(C2(O)CCNCC2)CC(OC)C1. The quantitative estimate of drug-likeness (QED) is 0.687. The summed E-state index contributed by atoms with van der Waals surface area (Å²) in [6.45, 7) is 1.49. The highest BCUT2D eigenvalue weighted by atomic mass is 16.5. The number of hydrogen-bond acceptors (Lipinski definition) is 5. The maximum atomic E-state index is 12.0. The fourth-order valence-electron chi connectivity index (χ4n) is 3.14. The Morgan fingerprint density at radius 1 is 1.29 bits per heavy atom. The summed E-state index contributed by atoms with van der Waals surface area (Å²) in [6.07, 6.45) is 2.38. The third-order valence-electron chi connectivity index (χ3n) is 4.38. The molecule has 0 aromatic carbocycles. The van der Waals surface area contributed by atoms with E-state index in [1.807, 2.05) is 0 Å². The van der Waals surface area contributed by atoms with Gasteiger partial charge in [0.2, 0.25) is 0 Å². The van der Waals surface area contributed by atoms with Crippen LogP contribution in [0.2, 0.25) is 0 Å². The lowest BCUT2D eigenvalue weighted by atomic mass is 9.54. The zero-order chi connectivity index (χ0) is 12.5. The zero-order valence-corrected chi connectivity index (χ0v) is 10.5. The number of piperidine rings is 1. The van der Waals surface area contributed by atoms with Gasteiger partial charge < -0.3 is 19.9 Å². The van der Waals surface area contributed by atoms with E-state index in [4.69, 9.17) is 9.47 Å². The zero-order valence-electron chi connectivity index (χ0n) is 10.5. The van der Waals surface area contributed by atoms with Crippen LogP contribution in [0, 0.1) is 5.41 Å². The molecule has 1 saturated carbocycles. The minimum absolute atomic E-state index is 0.0630. The predicted octanol–water partition coefficient (Wildman–Crippen LogP) is 0.0691. The maximum absolute atomic E-state index is 12.0. The molecule has 1 aliphatic carbocycles. The summed E-state index contributed by atoms with van der Waals surface area (Å²) in [6, 6.07) is 0. The van der Waals surface area contributed by atoms with E-state index in [0.29, 0.717) is 25.7 Å². The van der Waals surface area contributed by atoms with E-state index < -0.39 is 11.0 Å². The first-order valence-electron chi connectivity index (χ1n) is 6.12. The van der Waals surface area contributed by atoms with Crippen LogP contribution in [-0.4, -0.2) is 50.1 Å². The van der Waals surface area contributed by atoms with Crippen LogP contribution in [0.25, 0.3) is 0 Å². The first kappa shape index (κ1) is 12.8. The number of carbonyl (C=O) groups excluding carboxylic acids is 1. The molecule has 17 heavy (non-hydrogen) atoms. The number of aliphatic hydroxyl groups is 1. The monoisotopic (exact) mass is 243 g/mol. The number of nitrogens with one attached hydrogen (secondary N) is 1. The Kier molecular flexibility index (Phi) is 3.43. The predicted molar refractivity (Wildman–Crippen MR) is 61.5 cm³/mol. The number of rotatable bonds is 3. The van der Waals surface area contributed by atoms with Crippen LogP contribution in [0.4, 0.5) is 0 Å². The lowest BCUT2D eigenvalue weighted by molar-refractivity contribution is -0.214. The van der Waals surface area contributed by atoms with Crippen LogP contribution in [0.1, 0.15) is 25.7 Å². The average Bonchev–Trinajstić information content (AvgIpc) is 2.28. The lowest BCUT2D eigenvalue weighted by Crippen LogP contribution is -2.65. The van der Waals surface area contributed by atoms with Gasteiger partial charge in [-0.15, -0.1) is 0 Å². The van der Waals surface area contributed by atoms with E-state index in [1.165, 1.54) is 7.11 Å². The summed E-state index contributed by atoms with van der Waals surface area (Å²) < 4.78 is 10.1. The molecule has 1 aliphatic heterocycles. The van der Waals surface area contributed by atoms with Gasteiger partial charge in [-0.1, -0.05) is 0 Å². The molecule has 0 bridgehead atoms. The van der Waals surface area contributed by atoms with Gasteiger partial charge >= 0.3 is 5.97 Å². The maximum Gasteiger partial charge on any atom is 0.314 e. The standard InChI is InChI=1S/C12H21NO4/c1-16-9-7-11(8-9,10(14)17-2)12(15)3-5-13-6-4-12/h9,13,15H,3-8H2,1-2H3. The second-order valence-electron chi connectivity index (χ2n) is 5.12. The molecule has 0 unspecified atom stereocenters. The topological polar surface area (TPSA) is 67.8 Å². The fourth-order valence-corrected chi connectivity index (χ4v) is 3.14. The summed E-state index contributed by atoms with van der Waals surface area (Å²) in [7, 11) is 3.02. The number of methoxy groups -OCH3 is 2. The van der Waals surface area contributed by atoms with E-state index in [2.05, 4.69) is 5.32 Å². The molecule has 0 radical (unpaired) electrons. The van der Waals surface area contributed by atoms with Gasteiger partial charge in [-0.25, -0.2) is 0 Å². The Bertz CT molecular complexity index is 293. The summed E-state index contributed by atoms with van der Waals surface area (Å²) in [5, 5.41) is 14.0. The van der Waals surface area contributed by atoms with Crippen molar-refractivity contribution in [3.63, 3.8) is 0 Å². The summed E-state index contributed by atoms with van der Waals surface area (Å²) >= 11 is 0. The van der Waals surface area contributed by atoms with E-state index in [1.54, 1.807) is 7.11 Å². The average molecular weight is 243 g/mol. The molecular formula is C12H21NO4. The molecule has 2 aliphatic rings. The van der Waals surface area contributed by atoms with Crippen molar-refractivity contribution in [1.29, 1.82) is 0 Å². The molecular weight excluding hydrogens is 222 g/mol. The Morgan fingerprint density at radius 2 is 1.88 bits per heavy atom. The minimum atomic E-state index is -0.944. The second-order valence-corrected chi connectivity index (χ2v) is 5.12. The van der Waals surface area contributed by atoms with Gasteiger partial charge in [0.25, 0.3) is 0 Å². The summed E-state index contributed by atoms with van der Waals surface area (Å²) in [4.78, 5) is 12.0. The first-order chi connectivity index (χ1) is 8.08. The van der Waals surface area contributed by atoms with Gasteiger partial charge in [0.15, 0.2) is 0 Å². The first-order valence-corrected chi connectivity index (χ1v) is 6.12. The van der Waals surface area contributed by atoms with Crippen molar-refractivity contribution in [3.8, 4) is 0 Å². The molecule has 0 amide bonds. The van der Waals surface area contributed by atoms with Crippen molar-refractivity contribution in [2.24, 2.45) is 5.41 Å². The second kappa shape index (κ2) is 4.55. The highest BCUT2D eigenvalue weighted by Gasteiger charge is 2.63. The molecule has 2 rings (SSSR count). The van der Waals surface area contributed by atoms with Crippen molar-refractivity contribution in [2.45, 2.75) is 37.4 Å². The van der Waals surface area contributed by atoms with Crippen molar-refractivity contribution in [3.05, 3.63) is 0 Å². The summed E-state index contributed by atoms with van der Waals surface area (Å²) in [5.41, 5.74) is -1.70. The van der Waals surface area contributed by atoms with Crippen LogP contribution in [0.15, 0.2) is 0 Å². The van der Waals surface area contributed by atoms with Gasteiger partial charge in [-0.2, -0.15) is 0 Å². The number of carbonyl (C=O) groups is 1. The van der Waals surface area contributed by atoms with Gasteiger partial charge in [-0.05, 0) is 38.8 Å². The highest BCUT2D eigenvalue weighted by Crippen LogP contribution is 2.54. The van der Waals surface area contributed by atoms with Crippen molar-refractivity contribution >= 4 is 5.97 Å². The van der Waals surface area contributed by atoms with Crippen LogP contribution in [0.3, 0.4) is 0 Å². The van der Waals surface area contributed by atoms with Crippen molar-refractivity contribution < 1.29 is 19.4 Å². The molecule has 0 aromatic rings. The molecule has 5 heteroatoms. The molecule has 2 fully saturated rings. The third kappa shape index (κ3) is 1.86. The largest absolute Gasteiger partial charge is 0.469 e. The molecule has 5 nitrogen and oxygen atoms in total. The molecule has 0 aromatic heterocycles. The minimum Gasteiger partial charge on any atom is -0.469 e. The summed E-state index contributed by atoms with van der Waals surface area (Å²) in [5.74, 6) is -0.296. The van der Waals surface area contributed by atoms with Gasteiger partial charge in [-0.3, -0.25) is 4.79 Å². The smallest absolute Gasteiger partial charge is 0.314 e. The van der Waals surface area contributed by atoms with E-state index >= 15 is 0 Å². The molecule has 0 atom stereocenters. The van der Waals surface area contributed by atoms with Crippen LogP contribution in [0.5, 0.6) is 0 Å². The van der Waals surface area contributed by atoms with Crippen LogP contribution >= 0.6 is 0 Å². The van der Waals surface area contributed by atoms with Gasteiger partial charge in [0.05, 0.1) is 18.8 Å². The Morgan fingerprint density at radius 3 is 2.35 bits per heavy atom. The lowest BCUT2D eigenvalue weighted by Gasteiger charge is -2.55. The molecule has 1 saturated heterocycles. The Hall–Kier alpha value is -0.650. The van der Waals surface area contributed by atoms with E-state index in [-0.39, 0.29) is 12.1 Å². The fraction of sp³-hybridized carbons (Fsp3) is 0.917. The normalized spacial score (nSPS) is 36.1. The van der Waals surface area contributed by atoms with E-state index in [9.17, 15) is 9.90 Å². The number of ether oxygens (including phenoxy) is 2. The Balaban J connectivity index is 2.19. The Labute approximate surface area is 101 Å². The van der Waals surface area contributed by atoms with Gasteiger partial charge in [0, 0.05) is 7.11 Å². The molecule has 98 valence electrons. The van der Waals surface area contributed by atoms with E-state index in [0.717, 1.165) is 13.1 Å². The van der Waals surface area contributed by atoms with Crippen molar-refractivity contribution in [1.82, 2.24) is 5.32 Å². The van der Waals surface area contributed by atoms with Crippen LogP contribution < -0.4 is 5.32 Å². The number of hydrogen-bond donors (Lipinski definition) is 2. The highest BCUT2D eigenvalue weighted by molar-refractivity contribution is 5.80. The molecule has 0 spiro atoms. The molecule has 2 N–H and O–H groups in total. The third-order valence-corrected chi connectivity index (χ3v) is 4.38. The number of esters is 1. The molecule has 1 heterocycles.